The van der Waals surface area contributed by atoms with Crippen LogP contribution >= 0.6 is 0 Å². The quantitative estimate of drug-likeness (QED) is 0.681. The number of anilines is 2. The number of rotatable bonds is 6. The minimum absolute atomic E-state index is 0.420. The van der Waals surface area contributed by atoms with E-state index in [2.05, 4.69) is 20.4 Å². The number of hydrogen-bond donors (Lipinski definition) is 2. The van der Waals surface area contributed by atoms with E-state index >= 15 is 0 Å². The fourth-order valence-electron chi connectivity index (χ4n) is 3.38. The molecule has 1 fully saturated rings. The van der Waals surface area contributed by atoms with Gasteiger partial charge in [0.25, 0.3) is 5.89 Å². The second-order valence-corrected chi connectivity index (χ2v) is 6.77. The van der Waals surface area contributed by atoms with Crippen molar-refractivity contribution in [3.63, 3.8) is 0 Å². The first-order valence-electron chi connectivity index (χ1n) is 9.26. The number of nitrogens with one attached hydrogen (secondary N) is 1. The molecule has 0 bridgehead atoms. The van der Waals surface area contributed by atoms with Crippen LogP contribution in [0.3, 0.4) is 0 Å². The van der Waals surface area contributed by atoms with Gasteiger partial charge < -0.3 is 20.3 Å². The predicted molar refractivity (Wildman–Crippen MR) is 103 cm³/mol. The zero-order chi connectivity index (χ0) is 18.7. The lowest BCUT2D eigenvalue weighted by Gasteiger charge is -2.17. The number of nitrogens with zero attached hydrogens (tertiary/aromatic N) is 3. The Hall–Kier alpha value is -2.93. The third-order valence-electron chi connectivity index (χ3n) is 4.83. The largest absolute Gasteiger partial charge is 0.494 e. The first-order valence-corrected chi connectivity index (χ1v) is 9.26. The van der Waals surface area contributed by atoms with Gasteiger partial charge in [0, 0.05) is 11.9 Å². The highest BCUT2D eigenvalue weighted by Gasteiger charge is 2.36. The van der Waals surface area contributed by atoms with Crippen molar-refractivity contribution in [2.75, 3.05) is 11.9 Å². The van der Waals surface area contributed by atoms with E-state index in [1.807, 2.05) is 43.3 Å². The lowest BCUT2D eigenvalue weighted by Crippen LogP contribution is -2.34. The number of ether oxygens (including phenoxy) is 1. The normalized spacial score (nSPS) is 15.6. The third-order valence-corrected chi connectivity index (χ3v) is 4.83. The van der Waals surface area contributed by atoms with Crippen LogP contribution in [0.5, 0.6) is 5.75 Å². The van der Waals surface area contributed by atoms with Crippen LogP contribution in [0.15, 0.2) is 47.1 Å². The molecule has 1 aromatic carbocycles. The SMILES string of the molecule is CCOc1ccc(Nc2ncccc2-c2nc(C3(N)CCCC3)no2)cc1. The number of nitrogens with two attached hydrogens (primary N) is 1. The Kier molecular flexibility index (Phi) is 4.77. The smallest absolute Gasteiger partial charge is 0.261 e. The summed E-state index contributed by atoms with van der Waals surface area (Å²) in [5.41, 5.74) is 7.60. The summed E-state index contributed by atoms with van der Waals surface area (Å²) in [6, 6.07) is 11.5. The van der Waals surface area contributed by atoms with Crippen molar-refractivity contribution in [2.45, 2.75) is 38.1 Å². The van der Waals surface area contributed by atoms with E-state index in [1.54, 1.807) is 6.20 Å². The molecule has 0 saturated heterocycles. The van der Waals surface area contributed by atoms with Gasteiger partial charge in [0.2, 0.25) is 0 Å². The summed E-state index contributed by atoms with van der Waals surface area (Å²) in [6.45, 7) is 2.60. The van der Waals surface area contributed by atoms with Gasteiger partial charge in [-0.05, 0) is 56.2 Å². The number of aromatic nitrogens is 3. The lowest BCUT2D eigenvalue weighted by molar-refractivity contribution is 0.340. The summed E-state index contributed by atoms with van der Waals surface area (Å²) in [4.78, 5) is 9.00. The molecule has 140 valence electrons. The summed E-state index contributed by atoms with van der Waals surface area (Å²) in [6.07, 6.45) is 5.68. The van der Waals surface area contributed by atoms with E-state index in [0.29, 0.717) is 24.1 Å². The number of hydrogen-bond acceptors (Lipinski definition) is 7. The monoisotopic (exact) mass is 365 g/mol. The molecule has 1 aliphatic rings. The zero-order valence-corrected chi connectivity index (χ0v) is 15.3. The molecule has 27 heavy (non-hydrogen) atoms. The number of benzene rings is 1. The Balaban J connectivity index is 1.59. The van der Waals surface area contributed by atoms with Crippen molar-refractivity contribution in [2.24, 2.45) is 5.73 Å². The molecule has 3 aromatic rings. The van der Waals surface area contributed by atoms with Crippen LogP contribution in [0, 0.1) is 0 Å². The van der Waals surface area contributed by atoms with Crippen molar-refractivity contribution >= 4 is 11.5 Å². The fraction of sp³-hybridized carbons (Fsp3) is 0.350. The molecule has 2 heterocycles. The molecule has 0 atom stereocenters. The Morgan fingerprint density at radius 1 is 1.19 bits per heavy atom. The van der Waals surface area contributed by atoms with Crippen molar-refractivity contribution < 1.29 is 9.26 Å². The average Bonchev–Trinajstić information content (AvgIpc) is 3.34. The van der Waals surface area contributed by atoms with Crippen LogP contribution in [-0.2, 0) is 5.54 Å². The van der Waals surface area contributed by atoms with E-state index < -0.39 is 5.54 Å². The lowest BCUT2D eigenvalue weighted by atomic mass is 9.99. The van der Waals surface area contributed by atoms with Crippen molar-refractivity contribution in [1.29, 1.82) is 0 Å². The van der Waals surface area contributed by atoms with Crippen LogP contribution in [0.2, 0.25) is 0 Å². The first kappa shape index (κ1) is 17.5. The maximum absolute atomic E-state index is 6.44. The summed E-state index contributed by atoms with van der Waals surface area (Å²) >= 11 is 0. The molecule has 3 N–H and O–H groups in total. The minimum Gasteiger partial charge on any atom is -0.494 e. The van der Waals surface area contributed by atoms with Crippen LogP contribution < -0.4 is 15.8 Å². The van der Waals surface area contributed by atoms with E-state index in [4.69, 9.17) is 15.0 Å². The molecule has 0 radical (unpaired) electrons. The average molecular weight is 365 g/mol. The standard InChI is InChI=1S/C20H23N5O2/c1-2-26-15-9-7-14(8-10-15)23-17-16(6-5-13-22-17)18-24-19(25-27-18)20(21)11-3-4-12-20/h5-10,13H,2-4,11-12,21H2,1H3,(H,22,23). The minimum atomic E-state index is -0.480. The van der Waals surface area contributed by atoms with Crippen LogP contribution in [0.4, 0.5) is 11.5 Å². The molecule has 2 aromatic heterocycles. The van der Waals surface area contributed by atoms with Crippen LogP contribution in [0.25, 0.3) is 11.5 Å². The molecule has 7 heteroatoms. The molecule has 1 saturated carbocycles. The molecule has 0 aliphatic heterocycles. The molecular formula is C20H23N5O2. The maximum atomic E-state index is 6.44. The van der Waals surface area contributed by atoms with Gasteiger partial charge in [-0.15, -0.1) is 0 Å². The highest BCUT2D eigenvalue weighted by atomic mass is 16.5. The second-order valence-electron chi connectivity index (χ2n) is 6.77. The Morgan fingerprint density at radius 3 is 2.70 bits per heavy atom. The molecule has 4 rings (SSSR count). The van der Waals surface area contributed by atoms with Crippen LogP contribution in [0.1, 0.15) is 38.4 Å². The van der Waals surface area contributed by atoms with Gasteiger partial charge in [-0.3, -0.25) is 0 Å². The van der Waals surface area contributed by atoms with Gasteiger partial charge in [0.15, 0.2) is 5.82 Å². The van der Waals surface area contributed by atoms with Crippen molar-refractivity contribution in [3.05, 3.63) is 48.4 Å². The highest BCUT2D eigenvalue weighted by Crippen LogP contribution is 2.36. The molecule has 0 spiro atoms. The van der Waals surface area contributed by atoms with Crippen molar-refractivity contribution in [3.8, 4) is 17.2 Å². The summed E-state index contributed by atoms with van der Waals surface area (Å²) in [5, 5.41) is 7.45. The fourth-order valence-corrected chi connectivity index (χ4v) is 3.38. The third kappa shape index (κ3) is 3.64. The molecular weight excluding hydrogens is 342 g/mol. The van der Waals surface area contributed by atoms with E-state index in [9.17, 15) is 0 Å². The summed E-state index contributed by atoms with van der Waals surface area (Å²) in [7, 11) is 0. The van der Waals surface area contributed by atoms with Crippen molar-refractivity contribution in [1.82, 2.24) is 15.1 Å². The molecule has 0 unspecified atom stereocenters. The maximum Gasteiger partial charge on any atom is 0.261 e. The van der Waals surface area contributed by atoms with E-state index in [0.717, 1.165) is 42.7 Å². The van der Waals surface area contributed by atoms with Gasteiger partial charge in [-0.25, -0.2) is 4.98 Å². The Morgan fingerprint density at radius 2 is 1.96 bits per heavy atom. The summed E-state index contributed by atoms with van der Waals surface area (Å²) in [5.74, 6) is 2.47. The van der Waals surface area contributed by atoms with Gasteiger partial charge in [0.05, 0.1) is 17.7 Å². The first-order chi connectivity index (χ1) is 13.2. The van der Waals surface area contributed by atoms with Gasteiger partial charge in [-0.2, -0.15) is 4.98 Å². The highest BCUT2D eigenvalue weighted by molar-refractivity contribution is 5.73. The topological polar surface area (TPSA) is 99.1 Å². The van der Waals surface area contributed by atoms with E-state index in [1.165, 1.54) is 0 Å². The molecule has 7 nitrogen and oxygen atoms in total. The van der Waals surface area contributed by atoms with E-state index in [-0.39, 0.29) is 0 Å². The molecule has 1 aliphatic carbocycles. The second kappa shape index (κ2) is 7.36. The van der Waals surface area contributed by atoms with Gasteiger partial charge in [-0.1, -0.05) is 18.0 Å². The van der Waals surface area contributed by atoms with Gasteiger partial charge >= 0.3 is 0 Å². The Labute approximate surface area is 158 Å². The molecule has 0 amide bonds. The zero-order valence-electron chi connectivity index (χ0n) is 15.3. The van der Waals surface area contributed by atoms with Gasteiger partial charge in [0.1, 0.15) is 11.6 Å². The summed E-state index contributed by atoms with van der Waals surface area (Å²) < 4.78 is 11.0. The number of pyridine rings is 1. The van der Waals surface area contributed by atoms with Crippen LogP contribution in [-0.4, -0.2) is 21.7 Å². The predicted octanol–water partition coefficient (Wildman–Crippen LogP) is 4.00. The Bertz CT molecular complexity index is 901.